The van der Waals surface area contributed by atoms with Crippen molar-refractivity contribution >= 4 is 5.82 Å². The van der Waals surface area contributed by atoms with Crippen LogP contribution in [-0.4, -0.2) is 14.8 Å². The number of aryl methyl sites for hydroxylation is 1. The standard InChI is InChI=1S/C20H17FN5O2.Ir/c1-11-15-6-14(21)4-3-12(15)9-27-10-16-19(17(7-22)26(2)25-16)13-5-18(28-11)20(23)24-8-13;/h3-6,8,11H,9-10H2,1-2H3,(H-,23,24);/q-1;. The van der Waals surface area contributed by atoms with E-state index in [9.17, 15) is 9.65 Å². The van der Waals surface area contributed by atoms with Gasteiger partial charge in [-0.15, -0.1) is 0 Å². The van der Waals surface area contributed by atoms with Crippen molar-refractivity contribution < 1.29 is 34.0 Å². The summed E-state index contributed by atoms with van der Waals surface area (Å²) in [7, 11) is 1.69. The number of hydrogen-bond donors (Lipinski definition) is 0. The van der Waals surface area contributed by atoms with Crippen LogP contribution in [-0.2, 0) is 45.1 Å². The van der Waals surface area contributed by atoms with Gasteiger partial charge in [-0.25, -0.2) is 4.39 Å². The van der Waals surface area contributed by atoms with Gasteiger partial charge in [0.2, 0.25) is 0 Å². The summed E-state index contributed by atoms with van der Waals surface area (Å²) in [5.74, 6) is -0.156. The SMILES string of the molecule is CC1Oc2cc(cnc2[NH-])-c2c(nn(C)c2C#N)COCc2ccc(F)cc21.[Ir]. The van der Waals surface area contributed by atoms with E-state index < -0.39 is 6.10 Å². The van der Waals surface area contributed by atoms with Crippen molar-refractivity contribution in [3.05, 3.63) is 64.5 Å². The van der Waals surface area contributed by atoms with Crippen LogP contribution in [0, 0.1) is 17.1 Å². The summed E-state index contributed by atoms with van der Waals surface area (Å²) in [5.41, 5.74) is 11.7. The number of fused-ring (bicyclic) bond motifs is 5. The van der Waals surface area contributed by atoms with Crippen LogP contribution in [0.25, 0.3) is 16.9 Å². The molecule has 1 radical (unpaired) electrons. The summed E-state index contributed by atoms with van der Waals surface area (Å²) >= 11 is 0. The van der Waals surface area contributed by atoms with Crippen molar-refractivity contribution in [1.29, 1.82) is 5.26 Å². The molecule has 7 nitrogen and oxygen atoms in total. The Morgan fingerprint density at radius 2 is 2.10 bits per heavy atom. The van der Waals surface area contributed by atoms with Crippen molar-refractivity contribution in [2.75, 3.05) is 0 Å². The molecule has 2 bridgehead atoms. The fourth-order valence-electron chi connectivity index (χ4n) is 3.37. The first-order valence-corrected chi connectivity index (χ1v) is 8.68. The van der Waals surface area contributed by atoms with E-state index in [1.165, 1.54) is 23.0 Å². The molecule has 4 rings (SSSR count). The molecule has 3 heterocycles. The first-order chi connectivity index (χ1) is 13.5. The van der Waals surface area contributed by atoms with Gasteiger partial charge in [0, 0.05) is 38.3 Å². The van der Waals surface area contributed by atoms with Crippen LogP contribution in [0.2, 0.25) is 0 Å². The first-order valence-electron chi connectivity index (χ1n) is 8.68. The fourth-order valence-corrected chi connectivity index (χ4v) is 3.37. The Kier molecular flexibility index (Phi) is 5.99. The zero-order chi connectivity index (χ0) is 19.8. The Morgan fingerprint density at radius 1 is 1.31 bits per heavy atom. The molecule has 0 amide bonds. The number of nitriles is 1. The maximum atomic E-state index is 13.8. The molecular weight excluding hydrogens is 553 g/mol. The molecule has 151 valence electrons. The number of rotatable bonds is 0. The zero-order valence-corrected chi connectivity index (χ0v) is 18.1. The molecule has 29 heavy (non-hydrogen) atoms. The monoisotopic (exact) mass is 571 g/mol. The average Bonchev–Trinajstić information content (AvgIpc) is 2.99. The summed E-state index contributed by atoms with van der Waals surface area (Å²) in [5, 5.41) is 14.0. The van der Waals surface area contributed by atoms with Gasteiger partial charge in [-0.3, -0.25) is 4.68 Å². The fraction of sp³-hybridized carbons (Fsp3) is 0.250. The summed E-state index contributed by atoms with van der Waals surface area (Å²) in [6, 6.07) is 8.26. The van der Waals surface area contributed by atoms with Crippen molar-refractivity contribution in [2.24, 2.45) is 7.05 Å². The Morgan fingerprint density at radius 3 is 2.86 bits per heavy atom. The molecule has 0 saturated heterocycles. The molecule has 1 N–H and O–H groups in total. The van der Waals surface area contributed by atoms with E-state index in [2.05, 4.69) is 16.2 Å². The average molecular weight is 571 g/mol. The molecule has 0 spiro atoms. The molecule has 0 saturated carbocycles. The summed E-state index contributed by atoms with van der Waals surface area (Å²) in [6.07, 6.45) is 0.999. The van der Waals surface area contributed by atoms with Crippen LogP contribution in [0.4, 0.5) is 10.2 Å². The summed E-state index contributed by atoms with van der Waals surface area (Å²) in [4.78, 5) is 4.10. The third-order valence-electron chi connectivity index (χ3n) is 4.71. The number of hydrogen-bond acceptors (Lipinski definition) is 5. The minimum atomic E-state index is -0.515. The molecule has 0 fully saturated rings. The zero-order valence-electron chi connectivity index (χ0n) is 15.7. The Hall–Kier alpha value is -2.79. The third-order valence-corrected chi connectivity index (χ3v) is 4.71. The number of nitrogens with zero attached hydrogens (tertiary/aromatic N) is 4. The largest absolute Gasteiger partial charge is 0.486 e. The van der Waals surface area contributed by atoms with E-state index >= 15 is 0 Å². The maximum Gasteiger partial charge on any atom is 0.146 e. The Bertz CT molecular complexity index is 1110. The Balaban J connectivity index is 0.00000240. The second kappa shape index (κ2) is 8.29. The van der Waals surface area contributed by atoms with Gasteiger partial charge in [0.15, 0.2) is 0 Å². The second-order valence-electron chi connectivity index (χ2n) is 6.57. The quantitative estimate of drug-likeness (QED) is 0.401. The van der Waals surface area contributed by atoms with Crippen LogP contribution >= 0.6 is 0 Å². The van der Waals surface area contributed by atoms with Gasteiger partial charge in [-0.1, -0.05) is 12.3 Å². The minimum absolute atomic E-state index is 0. The molecule has 3 aromatic rings. The number of benzene rings is 1. The predicted molar refractivity (Wildman–Crippen MR) is 99.1 cm³/mol. The van der Waals surface area contributed by atoms with E-state index in [1.807, 2.05) is 0 Å². The number of aromatic nitrogens is 3. The van der Waals surface area contributed by atoms with Crippen LogP contribution < -0.4 is 4.74 Å². The Labute approximate surface area is 180 Å². The smallest absolute Gasteiger partial charge is 0.146 e. The van der Waals surface area contributed by atoms with Crippen LogP contribution in [0.1, 0.15) is 35.5 Å². The van der Waals surface area contributed by atoms with Gasteiger partial charge in [-0.2, -0.15) is 10.4 Å². The first kappa shape index (κ1) is 20.9. The summed E-state index contributed by atoms with van der Waals surface area (Å²) in [6.45, 7) is 2.20. The third kappa shape index (κ3) is 3.87. The molecule has 1 aliphatic rings. The number of nitrogens with one attached hydrogen (secondary N) is 1. The molecule has 2 aromatic heterocycles. The number of halogens is 1. The molecular formula is C20H17FIrN5O2-. The van der Waals surface area contributed by atoms with E-state index in [0.29, 0.717) is 28.1 Å². The molecule has 0 aliphatic carbocycles. The van der Waals surface area contributed by atoms with Crippen LogP contribution in [0.3, 0.4) is 0 Å². The van der Waals surface area contributed by atoms with Gasteiger partial charge < -0.3 is 20.2 Å². The van der Waals surface area contributed by atoms with E-state index in [-0.39, 0.29) is 50.7 Å². The van der Waals surface area contributed by atoms with Crippen LogP contribution in [0.5, 0.6) is 5.75 Å². The molecule has 1 unspecified atom stereocenters. The topological polar surface area (TPSA) is 96.8 Å². The molecule has 1 atom stereocenters. The summed E-state index contributed by atoms with van der Waals surface area (Å²) < 4.78 is 27.1. The van der Waals surface area contributed by atoms with Gasteiger partial charge in [-0.05, 0) is 42.1 Å². The van der Waals surface area contributed by atoms with Gasteiger partial charge in [0.1, 0.15) is 29.4 Å². The normalized spacial score (nSPS) is 15.4. The number of pyridine rings is 1. The van der Waals surface area contributed by atoms with Gasteiger partial charge in [0.25, 0.3) is 0 Å². The van der Waals surface area contributed by atoms with Crippen LogP contribution in [0.15, 0.2) is 30.5 Å². The van der Waals surface area contributed by atoms with E-state index in [1.54, 1.807) is 26.1 Å². The predicted octanol–water partition coefficient (Wildman–Crippen LogP) is 4.34. The second-order valence-corrected chi connectivity index (χ2v) is 6.57. The number of ether oxygens (including phenoxy) is 2. The van der Waals surface area contributed by atoms with Crippen molar-refractivity contribution in [3.63, 3.8) is 0 Å². The molecule has 1 aromatic carbocycles. The van der Waals surface area contributed by atoms with Crippen molar-refractivity contribution in [1.82, 2.24) is 14.8 Å². The molecule has 1 aliphatic heterocycles. The minimum Gasteiger partial charge on any atom is -0.486 e. The molecule has 9 heteroatoms. The maximum absolute atomic E-state index is 13.8. The van der Waals surface area contributed by atoms with E-state index in [0.717, 1.165) is 5.56 Å². The van der Waals surface area contributed by atoms with Gasteiger partial charge in [0.05, 0.1) is 18.9 Å². The van der Waals surface area contributed by atoms with Crippen molar-refractivity contribution in [3.8, 4) is 22.9 Å². The van der Waals surface area contributed by atoms with Crippen molar-refractivity contribution in [2.45, 2.75) is 26.2 Å². The van der Waals surface area contributed by atoms with E-state index in [4.69, 9.17) is 15.2 Å². The van der Waals surface area contributed by atoms with Gasteiger partial charge >= 0.3 is 0 Å².